The van der Waals surface area contributed by atoms with Crippen LogP contribution in [0, 0.1) is 50.2 Å². The van der Waals surface area contributed by atoms with Crippen molar-refractivity contribution in [1.29, 1.82) is 21.2 Å². The molecule has 0 amide bonds. The number of nitrogens with one attached hydrogen (secondary N) is 1. The Morgan fingerprint density at radius 1 is 1.14 bits per heavy atom. The van der Waals surface area contributed by atoms with E-state index in [0.717, 1.165) is 0 Å². The highest BCUT2D eigenvalue weighted by molar-refractivity contribution is 5.90. The van der Waals surface area contributed by atoms with E-state index in [9.17, 15) is 15.8 Å². The molecular weight excluding hydrogens is 280 g/mol. The maximum absolute atomic E-state index is 9.85. The summed E-state index contributed by atoms with van der Waals surface area (Å²) in [6.45, 7) is 1.37. The van der Waals surface area contributed by atoms with E-state index >= 15 is 0 Å². The monoisotopic (exact) mass is 292 g/mol. The summed E-state index contributed by atoms with van der Waals surface area (Å²) in [6.07, 6.45) is 0. The summed E-state index contributed by atoms with van der Waals surface area (Å²) in [4.78, 5) is 0. The van der Waals surface area contributed by atoms with Gasteiger partial charge < -0.3 is 9.47 Å². The third-order valence-electron chi connectivity index (χ3n) is 4.56. The molecule has 1 aromatic carbocycles. The lowest BCUT2D eigenvalue weighted by Crippen LogP contribution is -2.56. The zero-order chi connectivity index (χ0) is 16.0. The van der Waals surface area contributed by atoms with Crippen LogP contribution in [0.15, 0.2) is 30.3 Å². The van der Waals surface area contributed by atoms with Crippen LogP contribution in [0.25, 0.3) is 0 Å². The summed E-state index contributed by atoms with van der Waals surface area (Å²) >= 11 is 0. The zero-order valence-corrected chi connectivity index (χ0v) is 11.8. The molecular formula is C16H12N4O2. The first-order chi connectivity index (χ1) is 10.5. The maximum atomic E-state index is 9.85. The fourth-order valence-corrected chi connectivity index (χ4v) is 3.46. The Labute approximate surface area is 127 Å². The van der Waals surface area contributed by atoms with Gasteiger partial charge in [0.1, 0.15) is 0 Å². The summed E-state index contributed by atoms with van der Waals surface area (Å²) < 4.78 is 11.2. The van der Waals surface area contributed by atoms with Crippen molar-refractivity contribution in [1.82, 2.24) is 0 Å². The molecule has 0 unspecified atom stereocenters. The molecule has 108 valence electrons. The molecule has 0 saturated carbocycles. The Bertz CT molecular complexity index is 756. The fourth-order valence-electron chi connectivity index (χ4n) is 3.46. The molecule has 0 aliphatic carbocycles. The molecule has 6 nitrogen and oxygen atoms in total. The van der Waals surface area contributed by atoms with Crippen molar-refractivity contribution in [3.05, 3.63) is 35.9 Å². The van der Waals surface area contributed by atoms with Crippen LogP contribution in [-0.4, -0.2) is 18.3 Å². The Morgan fingerprint density at radius 3 is 2.32 bits per heavy atom. The van der Waals surface area contributed by atoms with E-state index < -0.39 is 22.5 Å². The summed E-state index contributed by atoms with van der Waals surface area (Å²) in [7, 11) is 0. The molecule has 0 radical (unpaired) electrons. The quantitative estimate of drug-likeness (QED) is 0.851. The van der Waals surface area contributed by atoms with Gasteiger partial charge in [0.15, 0.2) is 10.8 Å². The van der Waals surface area contributed by atoms with Gasteiger partial charge in [0.05, 0.1) is 30.7 Å². The maximum Gasteiger partial charge on any atom is 0.218 e. The van der Waals surface area contributed by atoms with Crippen LogP contribution in [0.4, 0.5) is 0 Å². The lowest BCUT2D eigenvalue weighted by molar-refractivity contribution is -0.213. The second-order valence-corrected chi connectivity index (χ2v) is 5.63. The Hall–Kier alpha value is -2.88. The number of nitriles is 3. The number of rotatable bonds is 1. The third kappa shape index (κ3) is 1.36. The van der Waals surface area contributed by atoms with Gasteiger partial charge in [-0.15, -0.1) is 0 Å². The first kappa shape index (κ1) is 14.1. The first-order valence-corrected chi connectivity index (χ1v) is 6.70. The Balaban J connectivity index is 2.34. The molecule has 6 heteroatoms. The molecule has 2 saturated heterocycles. The van der Waals surface area contributed by atoms with E-state index in [-0.39, 0.29) is 12.5 Å². The zero-order valence-electron chi connectivity index (χ0n) is 11.8. The fraction of sp³-hybridized carbons (Fsp3) is 0.375. The summed E-state index contributed by atoms with van der Waals surface area (Å²) in [5.74, 6) is -2.36. The van der Waals surface area contributed by atoms with E-state index in [1.54, 1.807) is 31.2 Å². The van der Waals surface area contributed by atoms with Crippen molar-refractivity contribution < 1.29 is 9.47 Å². The predicted octanol–water partition coefficient (Wildman–Crippen LogP) is 2.07. The molecule has 1 N–H and O–H groups in total. The number of hydrogen-bond donors (Lipinski definition) is 1. The Kier molecular flexibility index (Phi) is 2.75. The second kappa shape index (κ2) is 4.31. The minimum Gasteiger partial charge on any atom is -0.447 e. The van der Waals surface area contributed by atoms with Crippen molar-refractivity contribution in [2.24, 2.45) is 10.8 Å². The normalized spacial score (nSPS) is 34.8. The van der Waals surface area contributed by atoms with Crippen LogP contribution >= 0.6 is 0 Å². The molecule has 0 spiro atoms. The number of fused-ring (bicyclic) bond motifs is 2. The van der Waals surface area contributed by atoms with Gasteiger partial charge in [-0.1, -0.05) is 30.3 Å². The van der Waals surface area contributed by atoms with Crippen LogP contribution in [0.2, 0.25) is 0 Å². The molecule has 2 bridgehead atoms. The van der Waals surface area contributed by atoms with Crippen molar-refractivity contribution >= 4 is 5.90 Å². The molecule has 3 rings (SSSR count). The van der Waals surface area contributed by atoms with Crippen LogP contribution in [0.3, 0.4) is 0 Å². The molecule has 3 atom stereocenters. The summed E-state index contributed by atoms with van der Waals surface area (Å²) in [6, 6.07) is 14.8. The van der Waals surface area contributed by atoms with E-state index in [2.05, 4.69) is 6.07 Å². The average Bonchev–Trinajstić information content (AvgIpc) is 2.72. The van der Waals surface area contributed by atoms with Gasteiger partial charge in [-0.25, -0.2) is 0 Å². The van der Waals surface area contributed by atoms with Crippen LogP contribution < -0.4 is 0 Å². The van der Waals surface area contributed by atoms with Gasteiger partial charge in [0, 0.05) is 6.92 Å². The molecule has 2 heterocycles. The van der Waals surface area contributed by atoms with Crippen LogP contribution in [-0.2, 0) is 9.47 Å². The third-order valence-corrected chi connectivity index (χ3v) is 4.56. The minimum absolute atomic E-state index is 0.268. The highest BCUT2D eigenvalue weighted by atomic mass is 16.7. The van der Waals surface area contributed by atoms with E-state index in [1.165, 1.54) is 0 Å². The lowest BCUT2D eigenvalue weighted by Gasteiger charge is -2.44. The topological polar surface area (TPSA) is 114 Å². The van der Waals surface area contributed by atoms with Gasteiger partial charge in [-0.05, 0) is 5.56 Å². The van der Waals surface area contributed by atoms with Crippen LogP contribution in [0.1, 0.15) is 18.4 Å². The smallest absolute Gasteiger partial charge is 0.218 e. The van der Waals surface area contributed by atoms with E-state index in [1.807, 2.05) is 18.2 Å². The van der Waals surface area contributed by atoms with Crippen molar-refractivity contribution in [3.63, 3.8) is 0 Å². The van der Waals surface area contributed by atoms with E-state index in [0.29, 0.717) is 5.56 Å². The van der Waals surface area contributed by atoms with Gasteiger partial charge >= 0.3 is 0 Å². The highest BCUT2D eigenvalue weighted by Gasteiger charge is 2.76. The highest BCUT2D eigenvalue weighted by Crippen LogP contribution is 2.63. The predicted molar refractivity (Wildman–Crippen MR) is 74.1 cm³/mol. The van der Waals surface area contributed by atoms with Crippen molar-refractivity contribution in [2.75, 3.05) is 6.61 Å². The molecule has 1 aromatic rings. The number of benzene rings is 1. The standard InChI is InChI=1S/C16H12N4O2/c1-14-12(11-5-3-2-4-6-11)16(9-19,13(20)22-14)15(7-17,8-18)10-21-14/h2-6,12,20H,10H2,1H3/t12-,14+,16+/m0/s1. The summed E-state index contributed by atoms with van der Waals surface area (Å²) in [5, 5.41) is 37.2. The van der Waals surface area contributed by atoms with Gasteiger partial charge in [0.2, 0.25) is 11.7 Å². The molecule has 0 aromatic heterocycles. The van der Waals surface area contributed by atoms with Gasteiger partial charge in [0.25, 0.3) is 0 Å². The Morgan fingerprint density at radius 2 is 1.77 bits per heavy atom. The van der Waals surface area contributed by atoms with Gasteiger partial charge in [-0.2, -0.15) is 15.8 Å². The minimum atomic E-state index is -1.78. The second-order valence-electron chi connectivity index (χ2n) is 5.63. The SMILES string of the molecule is C[C@@]12OCC(C#N)(C#N)[C@@](C#N)(C(=N)O1)[C@H]2c1ccccc1. The van der Waals surface area contributed by atoms with Gasteiger partial charge in [-0.3, -0.25) is 5.41 Å². The van der Waals surface area contributed by atoms with Crippen molar-refractivity contribution in [2.45, 2.75) is 18.6 Å². The van der Waals surface area contributed by atoms with Crippen molar-refractivity contribution in [3.8, 4) is 18.2 Å². The molecule has 2 aliphatic heterocycles. The first-order valence-electron chi connectivity index (χ1n) is 6.70. The number of nitrogens with zero attached hydrogens (tertiary/aromatic N) is 3. The lowest BCUT2D eigenvalue weighted by atomic mass is 9.55. The van der Waals surface area contributed by atoms with Crippen LogP contribution in [0.5, 0.6) is 0 Å². The number of hydrogen-bond acceptors (Lipinski definition) is 6. The molecule has 2 fully saturated rings. The summed E-state index contributed by atoms with van der Waals surface area (Å²) in [5.41, 5.74) is -2.77. The average molecular weight is 292 g/mol. The molecule has 2 aliphatic rings. The largest absolute Gasteiger partial charge is 0.447 e. The number of ether oxygens (including phenoxy) is 2. The molecule has 22 heavy (non-hydrogen) atoms. The van der Waals surface area contributed by atoms with E-state index in [4.69, 9.17) is 14.9 Å².